The number of hydrogen-bond acceptors (Lipinski definition) is 2. The van der Waals surface area contributed by atoms with Gasteiger partial charge in [0, 0.05) is 18.8 Å². The maximum absolute atomic E-state index is 4.54. The Morgan fingerprint density at radius 3 is 2.29 bits per heavy atom. The zero-order valence-corrected chi connectivity index (χ0v) is 16.9. The van der Waals surface area contributed by atoms with Gasteiger partial charge in [0.25, 0.3) is 0 Å². The van der Waals surface area contributed by atoms with Crippen LogP contribution < -0.4 is 0 Å². The van der Waals surface area contributed by atoms with Crippen LogP contribution in [0, 0.1) is 0 Å². The summed E-state index contributed by atoms with van der Waals surface area (Å²) < 4.78 is 0. The topological polar surface area (TPSA) is 25.2 Å². The highest BCUT2D eigenvalue weighted by Gasteiger charge is 2.12. The molecule has 1 heterocycles. The standard InChI is InChI=1S/C16H18N2.3C2H6/c1-3-10-17-15-12-13(4-2)7-5-8-14-9-6-11-18-16(14)15;3*1-2/h3-7,9-11H,8,12H2,1-2H3;3*1-2H3/b7-5-,10-3-,13-4-,17-15?;;;. The second-order valence-corrected chi connectivity index (χ2v) is 4.22. The molecule has 1 aromatic heterocycles. The van der Waals surface area contributed by atoms with Crippen LogP contribution in [-0.2, 0) is 6.42 Å². The van der Waals surface area contributed by atoms with Crippen LogP contribution in [0.1, 0.15) is 73.1 Å². The number of rotatable bonds is 1. The molecule has 0 radical (unpaired) electrons. The molecule has 0 fully saturated rings. The molecule has 0 saturated carbocycles. The van der Waals surface area contributed by atoms with Crippen molar-refractivity contribution < 1.29 is 0 Å². The molecule has 0 saturated heterocycles. The Hall–Kier alpha value is -1.96. The van der Waals surface area contributed by atoms with Crippen molar-refractivity contribution >= 4 is 5.71 Å². The lowest BCUT2D eigenvalue weighted by atomic mass is 9.97. The van der Waals surface area contributed by atoms with Gasteiger partial charge >= 0.3 is 0 Å². The van der Waals surface area contributed by atoms with E-state index in [1.54, 1.807) is 0 Å². The molecular formula is C22H36N2. The van der Waals surface area contributed by atoms with Crippen LogP contribution in [0.4, 0.5) is 0 Å². The third kappa shape index (κ3) is 8.61. The summed E-state index contributed by atoms with van der Waals surface area (Å²) in [6.45, 7) is 16.0. The van der Waals surface area contributed by atoms with E-state index in [1.165, 1.54) is 11.1 Å². The summed E-state index contributed by atoms with van der Waals surface area (Å²) in [7, 11) is 0. The van der Waals surface area contributed by atoms with Crippen molar-refractivity contribution in [2.45, 2.75) is 68.2 Å². The van der Waals surface area contributed by atoms with Gasteiger partial charge in [-0.05, 0) is 37.5 Å². The van der Waals surface area contributed by atoms with Crippen LogP contribution in [0.15, 0.2) is 59.4 Å². The minimum absolute atomic E-state index is 0.835. The molecule has 2 nitrogen and oxygen atoms in total. The van der Waals surface area contributed by atoms with Crippen molar-refractivity contribution in [2.75, 3.05) is 0 Å². The second kappa shape index (κ2) is 17.4. The van der Waals surface area contributed by atoms with E-state index in [2.05, 4.69) is 41.2 Å². The van der Waals surface area contributed by atoms with Gasteiger partial charge in [0.15, 0.2) is 0 Å². The van der Waals surface area contributed by atoms with Gasteiger partial charge in [-0.2, -0.15) is 0 Å². The SMILES string of the molecule is C/C=C\N=C1CC(=C\C)/C=C\Cc2cccnc21.CC.CC.CC. The highest BCUT2D eigenvalue weighted by molar-refractivity contribution is 6.02. The van der Waals surface area contributed by atoms with E-state index in [4.69, 9.17) is 0 Å². The van der Waals surface area contributed by atoms with Crippen molar-refractivity contribution in [3.8, 4) is 0 Å². The molecule has 0 aliphatic heterocycles. The zero-order chi connectivity index (χ0) is 18.8. The molecule has 2 heteroatoms. The lowest BCUT2D eigenvalue weighted by Gasteiger charge is -2.13. The summed E-state index contributed by atoms with van der Waals surface area (Å²) in [6.07, 6.45) is 13.9. The molecule has 0 bridgehead atoms. The fourth-order valence-electron chi connectivity index (χ4n) is 2.01. The van der Waals surface area contributed by atoms with Crippen molar-refractivity contribution in [2.24, 2.45) is 4.99 Å². The highest BCUT2D eigenvalue weighted by atomic mass is 14.8. The van der Waals surface area contributed by atoms with E-state index < -0.39 is 0 Å². The molecule has 0 unspecified atom stereocenters. The quantitative estimate of drug-likeness (QED) is 0.548. The molecule has 1 aliphatic carbocycles. The van der Waals surface area contributed by atoms with Gasteiger partial charge < -0.3 is 0 Å². The lowest BCUT2D eigenvalue weighted by Crippen LogP contribution is -2.10. The fraction of sp³-hybridized carbons (Fsp3) is 0.455. The van der Waals surface area contributed by atoms with Crippen LogP contribution in [0.25, 0.3) is 0 Å². The lowest BCUT2D eigenvalue weighted by molar-refractivity contribution is 1.12. The maximum atomic E-state index is 4.54. The first kappa shape index (κ1) is 24.3. The highest BCUT2D eigenvalue weighted by Crippen LogP contribution is 2.18. The smallest absolute Gasteiger partial charge is 0.0882 e. The number of aliphatic imine (C=N–C) groups is 1. The molecule has 2 rings (SSSR count). The molecule has 0 N–H and O–H groups in total. The molecule has 0 aromatic carbocycles. The Morgan fingerprint density at radius 2 is 1.71 bits per heavy atom. The average Bonchev–Trinajstić information content (AvgIpc) is 2.67. The molecular weight excluding hydrogens is 292 g/mol. The Kier molecular flexibility index (Phi) is 17.6. The molecule has 1 aliphatic rings. The molecule has 1 aromatic rings. The Morgan fingerprint density at radius 1 is 1.04 bits per heavy atom. The van der Waals surface area contributed by atoms with Gasteiger partial charge in [0.2, 0.25) is 0 Å². The predicted molar refractivity (Wildman–Crippen MR) is 111 cm³/mol. The average molecular weight is 329 g/mol. The van der Waals surface area contributed by atoms with Crippen molar-refractivity contribution in [3.63, 3.8) is 0 Å². The normalized spacial score (nSPS) is 17.2. The summed E-state index contributed by atoms with van der Waals surface area (Å²) in [6, 6.07) is 4.11. The van der Waals surface area contributed by atoms with Gasteiger partial charge in [0.05, 0.1) is 11.4 Å². The van der Waals surface area contributed by atoms with Crippen LogP contribution in [0.3, 0.4) is 0 Å². The first-order chi connectivity index (χ1) is 11.8. The number of aromatic nitrogens is 1. The minimum Gasteiger partial charge on any atom is -0.259 e. The third-order valence-electron chi connectivity index (χ3n) is 2.96. The van der Waals surface area contributed by atoms with Crippen molar-refractivity contribution in [1.82, 2.24) is 4.98 Å². The molecule has 0 atom stereocenters. The number of allylic oxidation sites excluding steroid dienone is 5. The third-order valence-corrected chi connectivity index (χ3v) is 2.96. The fourth-order valence-corrected chi connectivity index (χ4v) is 2.01. The molecule has 134 valence electrons. The molecule has 0 spiro atoms. The first-order valence-electron chi connectivity index (χ1n) is 9.29. The maximum Gasteiger partial charge on any atom is 0.0882 e. The monoisotopic (exact) mass is 328 g/mol. The molecule has 24 heavy (non-hydrogen) atoms. The number of pyridine rings is 1. The van der Waals surface area contributed by atoms with E-state index in [1.807, 2.05) is 73.0 Å². The van der Waals surface area contributed by atoms with Crippen LogP contribution in [0.5, 0.6) is 0 Å². The van der Waals surface area contributed by atoms with Crippen LogP contribution in [-0.4, -0.2) is 10.7 Å². The number of nitrogens with zero attached hydrogens (tertiary/aromatic N) is 2. The largest absolute Gasteiger partial charge is 0.259 e. The van der Waals surface area contributed by atoms with Gasteiger partial charge in [-0.1, -0.05) is 71.9 Å². The number of fused-ring (bicyclic) bond motifs is 1. The Labute approximate surface area is 150 Å². The zero-order valence-electron chi connectivity index (χ0n) is 16.9. The number of hydrogen-bond donors (Lipinski definition) is 0. The first-order valence-corrected chi connectivity index (χ1v) is 9.29. The summed E-state index contributed by atoms with van der Waals surface area (Å²) in [5, 5.41) is 0. The van der Waals surface area contributed by atoms with E-state index in [0.717, 1.165) is 24.2 Å². The van der Waals surface area contributed by atoms with Crippen molar-refractivity contribution in [3.05, 3.63) is 65.7 Å². The van der Waals surface area contributed by atoms with E-state index in [9.17, 15) is 0 Å². The van der Waals surface area contributed by atoms with Gasteiger partial charge in [-0.15, -0.1) is 0 Å². The summed E-state index contributed by atoms with van der Waals surface area (Å²) >= 11 is 0. The van der Waals surface area contributed by atoms with Gasteiger partial charge in [-0.25, -0.2) is 0 Å². The Bertz CT molecular complexity index is 535. The van der Waals surface area contributed by atoms with Crippen LogP contribution >= 0.6 is 0 Å². The summed E-state index contributed by atoms with van der Waals surface area (Å²) in [5.74, 6) is 0. The minimum atomic E-state index is 0.835. The van der Waals surface area contributed by atoms with E-state index >= 15 is 0 Å². The second-order valence-electron chi connectivity index (χ2n) is 4.22. The molecule has 0 amide bonds. The predicted octanol–water partition coefficient (Wildman–Crippen LogP) is 6.93. The van der Waals surface area contributed by atoms with Gasteiger partial charge in [0.1, 0.15) is 0 Å². The van der Waals surface area contributed by atoms with E-state index in [0.29, 0.717) is 0 Å². The van der Waals surface area contributed by atoms with Gasteiger partial charge in [-0.3, -0.25) is 9.98 Å². The van der Waals surface area contributed by atoms with Crippen LogP contribution in [0.2, 0.25) is 0 Å². The summed E-state index contributed by atoms with van der Waals surface area (Å²) in [5.41, 5.74) is 4.60. The van der Waals surface area contributed by atoms with E-state index in [-0.39, 0.29) is 0 Å². The Balaban J connectivity index is 0. The summed E-state index contributed by atoms with van der Waals surface area (Å²) in [4.78, 5) is 9.04. The van der Waals surface area contributed by atoms with Crippen molar-refractivity contribution in [1.29, 1.82) is 0 Å².